The van der Waals surface area contributed by atoms with E-state index in [4.69, 9.17) is 0 Å². The van der Waals surface area contributed by atoms with Crippen LogP contribution in [0.2, 0.25) is 0 Å². The molecule has 4 rings (SSSR count). The molecule has 0 bridgehead atoms. The number of hydrogen-bond acceptors (Lipinski definition) is 3. The number of benzene rings is 1. The second kappa shape index (κ2) is 7.13. The molecule has 156 valence electrons. The SMILES string of the molecule is Cc1cc(C(=O)N2C[C@H]3CCC[C@@](O)(c4cccc(C(F)(F)F)c4)[C@@H]3C2)sc1C. The van der Waals surface area contributed by atoms with Crippen molar-refractivity contribution >= 4 is 17.2 Å². The fourth-order valence-corrected chi connectivity index (χ4v) is 5.85. The van der Waals surface area contributed by atoms with Crippen LogP contribution in [-0.2, 0) is 11.8 Å². The summed E-state index contributed by atoms with van der Waals surface area (Å²) in [6, 6.07) is 6.92. The van der Waals surface area contributed by atoms with Crippen LogP contribution in [0, 0.1) is 25.7 Å². The molecule has 1 N–H and O–H groups in total. The molecule has 1 saturated heterocycles. The predicted molar refractivity (Wildman–Crippen MR) is 106 cm³/mol. The largest absolute Gasteiger partial charge is 0.416 e. The summed E-state index contributed by atoms with van der Waals surface area (Å²) in [5, 5.41) is 11.5. The maximum Gasteiger partial charge on any atom is 0.416 e. The summed E-state index contributed by atoms with van der Waals surface area (Å²) < 4.78 is 39.6. The number of likely N-dealkylation sites (tertiary alicyclic amines) is 1. The molecule has 1 aromatic carbocycles. The standard InChI is InChI=1S/C22H24F3NO2S/c1-13-9-19(29-14(13)2)20(27)26-11-15-5-4-8-21(28,18(15)12-26)16-6-3-7-17(10-16)22(23,24)25/h3,6-7,9-10,15,18,28H,4-5,8,11-12H2,1-2H3/t15-,18-,21-/m1/s1. The van der Waals surface area contributed by atoms with E-state index < -0.39 is 17.3 Å². The highest BCUT2D eigenvalue weighted by molar-refractivity contribution is 7.14. The van der Waals surface area contributed by atoms with Gasteiger partial charge in [-0.2, -0.15) is 13.2 Å². The van der Waals surface area contributed by atoms with Crippen LogP contribution >= 0.6 is 11.3 Å². The molecule has 2 fully saturated rings. The Kier molecular flexibility index (Phi) is 5.02. The van der Waals surface area contributed by atoms with Gasteiger partial charge in [-0.25, -0.2) is 0 Å². The van der Waals surface area contributed by atoms with Crippen molar-refractivity contribution in [1.29, 1.82) is 0 Å². The number of amides is 1. The average Bonchev–Trinajstić information content (AvgIpc) is 3.25. The molecular weight excluding hydrogens is 399 g/mol. The summed E-state index contributed by atoms with van der Waals surface area (Å²) in [6.07, 6.45) is -2.44. The lowest BCUT2D eigenvalue weighted by Gasteiger charge is -2.41. The Morgan fingerprint density at radius 3 is 2.66 bits per heavy atom. The number of aryl methyl sites for hydroxylation is 2. The van der Waals surface area contributed by atoms with Crippen LogP contribution < -0.4 is 0 Å². The first-order valence-electron chi connectivity index (χ1n) is 9.86. The molecule has 7 heteroatoms. The van der Waals surface area contributed by atoms with Crippen LogP contribution in [-0.4, -0.2) is 29.0 Å². The lowest BCUT2D eigenvalue weighted by Crippen LogP contribution is -2.43. The lowest BCUT2D eigenvalue weighted by molar-refractivity contribution is -0.138. The third-order valence-electron chi connectivity index (χ3n) is 6.54. The van der Waals surface area contributed by atoms with Gasteiger partial charge in [-0.1, -0.05) is 12.1 Å². The lowest BCUT2D eigenvalue weighted by atomic mass is 9.67. The average molecular weight is 424 g/mol. The summed E-state index contributed by atoms with van der Waals surface area (Å²) in [5.41, 5.74) is -0.712. The molecule has 1 saturated carbocycles. The van der Waals surface area contributed by atoms with Crippen LogP contribution in [0.5, 0.6) is 0 Å². The van der Waals surface area contributed by atoms with Crippen molar-refractivity contribution in [2.45, 2.75) is 44.9 Å². The molecule has 3 atom stereocenters. The maximum absolute atomic E-state index is 13.2. The fourth-order valence-electron chi connectivity index (χ4n) is 4.85. The van der Waals surface area contributed by atoms with Gasteiger partial charge in [0.15, 0.2) is 0 Å². The van der Waals surface area contributed by atoms with Gasteiger partial charge in [0.2, 0.25) is 0 Å². The van der Waals surface area contributed by atoms with Gasteiger partial charge in [0.1, 0.15) is 0 Å². The number of aliphatic hydroxyl groups is 1. The van der Waals surface area contributed by atoms with E-state index in [0.717, 1.165) is 35.4 Å². The number of thiophene rings is 1. The van der Waals surface area contributed by atoms with Crippen molar-refractivity contribution in [3.05, 3.63) is 56.8 Å². The Balaban J connectivity index is 1.62. The number of hydrogen-bond donors (Lipinski definition) is 1. The molecule has 2 aliphatic rings. The topological polar surface area (TPSA) is 40.5 Å². The van der Waals surface area contributed by atoms with E-state index in [1.54, 1.807) is 11.0 Å². The zero-order valence-electron chi connectivity index (χ0n) is 16.4. The Labute approximate surface area is 172 Å². The molecule has 0 unspecified atom stereocenters. The van der Waals surface area contributed by atoms with Gasteiger partial charge in [0.05, 0.1) is 16.0 Å². The van der Waals surface area contributed by atoms with Gasteiger partial charge in [-0.3, -0.25) is 4.79 Å². The first-order valence-corrected chi connectivity index (χ1v) is 10.7. The zero-order chi connectivity index (χ0) is 21.0. The van der Waals surface area contributed by atoms with E-state index >= 15 is 0 Å². The van der Waals surface area contributed by atoms with Gasteiger partial charge in [-0.05, 0) is 68.4 Å². The van der Waals surface area contributed by atoms with Crippen molar-refractivity contribution < 1.29 is 23.1 Å². The van der Waals surface area contributed by atoms with E-state index in [1.807, 2.05) is 19.9 Å². The van der Waals surface area contributed by atoms with Gasteiger partial charge >= 0.3 is 6.18 Å². The predicted octanol–water partition coefficient (Wildman–Crippen LogP) is 5.14. The second-order valence-electron chi connectivity index (χ2n) is 8.32. The molecule has 0 spiro atoms. The molecular formula is C22H24F3NO2S. The molecule has 2 heterocycles. The number of carbonyl (C=O) groups excluding carboxylic acids is 1. The quantitative estimate of drug-likeness (QED) is 0.726. The number of alkyl halides is 3. The van der Waals surface area contributed by atoms with E-state index in [9.17, 15) is 23.1 Å². The zero-order valence-corrected chi connectivity index (χ0v) is 17.2. The third-order valence-corrected chi connectivity index (χ3v) is 7.68. The van der Waals surface area contributed by atoms with Gasteiger partial charge in [0.25, 0.3) is 5.91 Å². The van der Waals surface area contributed by atoms with Crippen LogP contribution in [0.1, 0.15) is 50.5 Å². The summed E-state index contributed by atoms with van der Waals surface area (Å²) in [5.74, 6) is -0.216. The Bertz CT molecular complexity index is 919. The van der Waals surface area contributed by atoms with E-state index in [0.29, 0.717) is 30.0 Å². The summed E-state index contributed by atoms with van der Waals surface area (Å²) in [6.45, 7) is 4.86. The molecule has 1 aliphatic carbocycles. The van der Waals surface area contributed by atoms with Gasteiger partial charge in [-0.15, -0.1) is 11.3 Å². The molecule has 29 heavy (non-hydrogen) atoms. The number of carbonyl (C=O) groups is 1. The van der Waals surface area contributed by atoms with E-state index in [2.05, 4.69) is 0 Å². The monoisotopic (exact) mass is 423 g/mol. The smallest absolute Gasteiger partial charge is 0.385 e. The maximum atomic E-state index is 13.2. The van der Waals surface area contributed by atoms with Crippen LogP contribution in [0.15, 0.2) is 30.3 Å². The highest BCUT2D eigenvalue weighted by atomic mass is 32.1. The highest BCUT2D eigenvalue weighted by Crippen LogP contribution is 2.49. The first kappa shape index (κ1) is 20.4. The van der Waals surface area contributed by atoms with Gasteiger partial charge < -0.3 is 10.0 Å². The summed E-state index contributed by atoms with van der Waals surface area (Å²) in [4.78, 5) is 16.5. The van der Waals surface area contributed by atoms with Gasteiger partial charge in [0, 0.05) is 23.9 Å². The molecule has 1 aromatic heterocycles. The van der Waals surface area contributed by atoms with E-state index in [-0.39, 0.29) is 17.7 Å². The highest BCUT2D eigenvalue weighted by Gasteiger charge is 2.51. The number of fused-ring (bicyclic) bond motifs is 1. The van der Waals surface area contributed by atoms with Crippen molar-refractivity contribution in [3.8, 4) is 0 Å². The molecule has 2 aromatic rings. The van der Waals surface area contributed by atoms with Crippen molar-refractivity contribution in [1.82, 2.24) is 4.90 Å². The van der Waals surface area contributed by atoms with Crippen LogP contribution in [0.4, 0.5) is 13.2 Å². The van der Waals surface area contributed by atoms with Crippen LogP contribution in [0.3, 0.4) is 0 Å². The Hall–Kier alpha value is -1.86. The van der Waals surface area contributed by atoms with Crippen molar-refractivity contribution in [2.75, 3.05) is 13.1 Å². The molecule has 1 aliphatic heterocycles. The minimum Gasteiger partial charge on any atom is -0.385 e. The summed E-state index contributed by atoms with van der Waals surface area (Å²) >= 11 is 1.46. The number of halogens is 3. The molecule has 1 amide bonds. The number of rotatable bonds is 2. The van der Waals surface area contributed by atoms with Crippen molar-refractivity contribution in [3.63, 3.8) is 0 Å². The fraction of sp³-hybridized carbons (Fsp3) is 0.500. The Morgan fingerprint density at radius 1 is 1.24 bits per heavy atom. The van der Waals surface area contributed by atoms with Crippen molar-refractivity contribution in [2.24, 2.45) is 11.8 Å². The molecule has 0 radical (unpaired) electrons. The van der Waals surface area contributed by atoms with E-state index in [1.165, 1.54) is 17.4 Å². The minimum absolute atomic E-state index is 0.0491. The Morgan fingerprint density at radius 2 is 2.00 bits per heavy atom. The number of nitrogens with zero attached hydrogens (tertiary/aromatic N) is 1. The molecule has 3 nitrogen and oxygen atoms in total. The first-order chi connectivity index (χ1) is 13.6. The third kappa shape index (κ3) is 3.59. The summed E-state index contributed by atoms with van der Waals surface area (Å²) in [7, 11) is 0. The normalized spacial score (nSPS) is 27.2. The minimum atomic E-state index is -4.45. The van der Waals surface area contributed by atoms with Crippen LogP contribution in [0.25, 0.3) is 0 Å². The second-order valence-corrected chi connectivity index (χ2v) is 9.58.